The van der Waals surface area contributed by atoms with Crippen molar-refractivity contribution in [1.29, 1.82) is 0 Å². The molecule has 1 atom stereocenters. The lowest BCUT2D eigenvalue weighted by molar-refractivity contribution is 0.0654. The minimum absolute atomic E-state index is 0.627. The van der Waals surface area contributed by atoms with Gasteiger partial charge in [-0.1, -0.05) is 6.92 Å². The van der Waals surface area contributed by atoms with Crippen LogP contribution in [0.25, 0.3) is 0 Å². The molecule has 0 saturated carbocycles. The molecule has 1 rings (SSSR count). The number of nitrogens with zero attached hydrogens (tertiary/aromatic N) is 2. The van der Waals surface area contributed by atoms with Crippen molar-refractivity contribution in [3.8, 4) is 0 Å². The molecule has 0 aromatic heterocycles. The van der Waals surface area contributed by atoms with Crippen molar-refractivity contribution in [3.05, 3.63) is 0 Å². The minimum atomic E-state index is 0.627. The molecule has 0 bridgehead atoms. The Labute approximate surface area is 99.7 Å². The van der Waals surface area contributed by atoms with E-state index in [1.54, 1.807) is 0 Å². The number of rotatable bonds is 7. The van der Waals surface area contributed by atoms with Gasteiger partial charge in [0.1, 0.15) is 0 Å². The maximum atomic E-state index is 5.40. The lowest BCUT2D eigenvalue weighted by Gasteiger charge is -2.37. The van der Waals surface area contributed by atoms with Crippen molar-refractivity contribution in [1.82, 2.24) is 9.80 Å². The summed E-state index contributed by atoms with van der Waals surface area (Å²) in [6.07, 6.45) is 1.25. The molecule has 2 N–H and O–H groups in total. The van der Waals surface area contributed by atoms with Gasteiger partial charge in [0.25, 0.3) is 0 Å². The Bertz CT molecular complexity index is 170. The smallest absolute Gasteiger partial charge is 0.0594 e. The molecule has 0 aliphatic carbocycles. The van der Waals surface area contributed by atoms with E-state index in [1.807, 2.05) is 0 Å². The van der Waals surface area contributed by atoms with Crippen molar-refractivity contribution in [3.63, 3.8) is 0 Å². The predicted octanol–water partition coefficient (Wildman–Crippen LogP) is 0.378. The lowest BCUT2D eigenvalue weighted by atomic mass is 10.2. The molecular formula is C12H27N3O. The van der Waals surface area contributed by atoms with E-state index in [-0.39, 0.29) is 0 Å². The first-order valence-electron chi connectivity index (χ1n) is 6.52. The summed E-state index contributed by atoms with van der Waals surface area (Å²) < 4.78 is 5.40. The fraction of sp³-hybridized carbons (Fsp3) is 1.00. The number of nitrogens with two attached hydrogens (primary N) is 1. The Morgan fingerprint density at radius 2 is 1.88 bits per heavy atom. The molecule has 1 unspecified atom stereocenters. The molecule has 0 spiro atoms. The first-order valence-corrected chi connectivity index (χ1v) is 6.52. The summed E-state index contributed by atoms with van der Waals surface area (Å²) in [6, 6.07) is 0.732. The molecule has 1 heterocycles. The van der Waals surface area contributed by atoms with Gasteiger partial charge in [-0.3, -0.25) is 9.80 Å². The molecule has 0 aromatic carbocycles. The molecule has 4 heteroatoms. The Morgan fingerprint density at radius 1 is 1.19 bits per heavy atom. The summed E-state index contributed by atoms with van der Waals surface area (Å²) in [5.74, 6) is 0. The maximum absolute atomic E-state index is 5.40. The van der Waals surface area contributed by atoms with Gasteiger partial charge in [-0.15, -0.1) is 0 Å². The maximum Gasteiger partial charge on any atom is 0.0594 e. The SMILES string of the molecule is CCC(C)N1CCN(CCOCCN)CC1. The van der Waals surface area contributed by atoms with Gasteiger partial charge in [0.05, 0.1) is 13.2 Å². The number of piperazine rings is 1. The van der Waals surface area contributed by atoms with Crippen LogP contribution in [0.5, 0.6) is 0 Å². The highest BCUT2D eigenvalue weighted by atomic mass is 16.5. The van der Waals surface area contributed by atoms with E-state index >= 15 is 0 Å². The third-order valence-corrected chi connectivity index (χ3v) is 3.44. The number of ether oxygens (including phenoxy) is 1. The zero-order valence-corrected chi connectivity index (χ0v) is 10.8. The van der Waals surface area contributed by atoms with E-state index in [0.717, 1.165) is 19.2 Å². The highest BCUT2D eigenvalue weighted by Crippen LogP contribution is 2.08. The normalized spacial score (nSPS) is 21.2. The van der Waals surface area contributed by atoms with Gasteiger partial charge in [0.2, 0.25) is 0 Å². The number of hydrogen-bond donors (Lipinski definition) is 1. The summed E-state index contributed by atoms with van der Waals surface area (Å²) in [4.78, 5) is 5.06. The first-order chi connectivity index (χ1) is 7.77. The molecule has 0 aromatic rings. The molecule has 1 fully saturated rings. The molecule has 4 nitrogen and oxygen atoms in total. The van der Waals surface area contributed by atoms with E-state index in [1.165, 1.54) is 32.6 Å². The monoisotopic (exact) mass is 229 g/mol. The van der Waals surface area contributed by atoms with Gasteiger partial charge in [0, 0.05) is 45.3 Å². The molecule has 0 amide bonds. The van der Waals surface area contributed by atoms with Crippen LogP contribution in [0.2, 0.25) is 0 Å². The van der Waals surface area contributed by atoms with Crippen molar-refractivity contribution in [2.24, 2.45) is 5.73 Å². The van der Waals surface area contributed by atoms with Crippen LogP contribution in [-0.4, -0.2) is 68.3 Å². The minimum Gasteiger partial charge on any atom is -0.379 e. The van der Waals surface area contributed by atoms with Crippen LogP contribution < -0.4 is 5.73 Å². The van der Waals surface area contributed by atoms with Crippen LogP contribution in [0.15, 0.2) is 0 Å². The predicted molar refractivity (Wildman–Crippen MR) is 67.6 cm³/mol. The van der Waals surface area contributed by atoms with Crippen LogP contribution in [0.1, 0.15) is 20.3 Å². The molecule has 16 heavy (non-hydrogen) atoms. The second-order valence-corrected chi connectivity index (χ2v) is 4.54. The fourth-order valence-corrected chi connectivity index (χ4v) is 2.06. The van der Waals surface area contributed by atoms with Crippen LogP contribution >= 0.6 is 0 Å². The Hall–Kier alpha value is -0.160. The van der Waals surface area contributed by atoms with Crippen molar-refractivity contribution in [2.45, 2.75) is 26.3 Å². The standard InChI is InChI=1S/C12H27N3O/c1-3-12(2)15-7-5-14(6-8-15)9-11-16-10-4-13/h12H,3-11,13H2,1-2H3. The van der Waals surface area contributed by atoms with Crippen molar-refractivity contribution >= 4 is 0 Å². The highest BCUT2D eigenvalue weighted by molar-refractivity contribution is 4.75. The lowest BCUT2D eigenvalue weighted by Crippen LogP contribution is -2.50. The summed E-state index contributed by atoms with van der Waals surface area (Å²) in [5.41, 5.74) is 5.37. The van der Waals surface area contributed by atoms with Gasteiger partial charge < -0.3 is 10.5 Å². The van der Waals surface area contributed by atoms with Gasteiger partial charge in [-0.25, -0.2) is 0 Å². The van der Waals surface area contributed by atoms with Gasteiger partial charge in [-0.05, 0) is 13.3 Å². The average Bonchev–Trinajstić information content (AvgIpc) is 2.34. The van der Waals surface area contributed by atoms with Crippen LogP contribution in [0, 0.1) is 0 Å². The van der Waals surface area contributed by atoms with Crippen LogP contribution in [0.3, 0.4) is 0 Å². The molecule has 1 aliphatic heterocycles. The quantitative estimate of drug-likeness (QED) is 0.641. The molecule has 1 aliphatic rings. The molecule has 96 valence electrons. The Balaban J connectivity index is 2.07. The highest BCUT2D eigenvalue weighted by Gasteiger charge is 2.19. The number of hydrogen-bond acceptors (Lipinski definition) is 4. The second-order valence-electron chi connectivity index (χ2n) is 4.54. The summed E-state index contributed by atoms with van der Waals surface area (Å²) in [7, 11) is 0. The van der Waals surface area contributed by atoms with Gasteiger partial charge in [-0.2, -0.15) is 0 Å². The summed E-state index contributed by atoms with van der Waals surface area (Å²) in [6.45, 7) is 12.5. The largest absolute Gasteiger partial charge is 0.379 e. The van der Waals surface area contributed by atoms with E-state index < -0.39 is 0 Å². The van der Waals surface area contributed by atoms with E-state index in [2.05, 4.69) is 23.6 Å². The van der Waals surface area contributed by atoms with Crippen LogP contribution in [-0.2, 0) is 4.74 Å². The molecular weight excluding hydrogens is 202 g/mol. The second kappa shape index (κ2) is 8.01. The third kappa shape index (κ3) is 4.78. The van der Waals surface area contributed by atoms with Crippen molar-refractivity contribution < 1.29 is 4.74 Å². The van der Waals surface area contributed by atoms with E-state index in [9.17, 15) is 0 Å². The summed E-state index contributed by atoms with van der Waals surface area (Å²) in [5, 5.41) is 0. The average molecular weight is 229 g/mol. The third-order valence-electron chi connectivity index (χ3n) is 3.44. The van der Waals surface area contributed by atoms with Gasteiger partial charge >= 0.3 is 0 Å². The van der Waals surface area contributed by atoms with Crippen molar-refractivity contribution in [2.75, 3.05) is 52.5 Å². The van der Waals surface area contributed by atoms with Gasteiger partial charge in [0.15, 0.2) is 0 Å². The summed E-state index contributed by atoms with van der Waals surface area (Å²) >= 11 is 0. The zero-order valence-electron chi connectivity index (χ0n) is 10.8. The molecule has 1 saturated heterocycles. The Morgan fingerprint density at radius 3 is 2.44 bits per heavy atom. The topological polar surface area (TPSA) is 41.7 Å². The molecule has 0 radical (unpaired) electrons. The van der Waals surface area contributed by atoms with E-state index in [0.29, 0.717) is 13.2 Å². The fourth-order valence-electron chi connectivity index (χ4n) is 2.06. The van der Waals surface area contributed by atoms with Crippen LogP contribution in [0.4, 0.5) is 0 Å². The van der Waals surface area contributed by atoms with E-state index in [4.69, 9.17) is 10.5 Å². The zero-order chi connectivity index (χ0) is 11.8. The first kappa shape index (κ1) is 13.9. The Kier molecular flexibility index (Phi) is 6.96.